The second-order valence-electron chi connectivity index (χ2n) is 5.27. The van der Waals surface area contributed by atoms with E-state index in [2.05, 4.69) is 35.1 Å². The number of halogens is 2. The molecular weight excluding hydrogens is 285 g/mol. The van der Waals surface area contributed by atoms with E-state index in [9.17, 15) is 4.39 Å². The molecule has 1 aromatic rings. The first kappa shape index (κ1) is 13.0. The van der Waals surface area contributed by atoms with Crippen LogP contribution in [0, 0.1) is 11.2 Å². The van der Waals surface area contributed by atoms with Crippen LogP contribution in [-0.4, -0.2) is 19.7 Å². The summed E-state index contributed by atoms with van der Waals surface area (Å²) in [6, 6.07) is 5.05. The van der Waals surface area contributed by atoms with Crippen molar-refractivity contribution in [1.29, 1.82) is 0 Å². The highest BCUT2D eigenvalue weighted by Gasteiger charge is 2.25. The lowest BCUT2D eigenvalue weighted by Gasteiger charge is -2.21. The van der Waals surface area contributed by atoms with Crippen molar-refractivity contribution >= 4 is 15.9 Å². The summed E-state index contributed by atoms with van der Waals surface area (Å²) in [6.07, 6.45) is -0.00586. The van der Waals surface area contributed by atoms with Gasteiger partial charge in [0.1, 0.15) is 5.82 Å². The van der Waals surface area contributed by atoms with Crippen molar-refractivity contribution in [2.75, 3.05) is 19.7 Å². The van der Waals surface area contributed by atoms with Crippen LogP contribution >= 0.6 is 15.9 Å². The Hall–Kier alpha value is -0.450. The molecule has 0 aliphatic carbocycles. The largest absolute Gasteiger partial charge is 0.372 e. The predicted octanol–water partition coefficient (Wildman–Crippen LogP) is 3.28. The average molecular weight is 302 g/mol. The lowest BCUT2D eigenvalue weighted by molar-refractivity contribution is 0.0259. The molecule has 1 aromatic carbocycles. The molecule has 2 nitrogen and oxygen atoms in total. The molecule has 0 amide bonds. The second-order valence-corrected chi connectivity index (χ2v) is 6.12. The first-order valence-corrected chi connectivity index (χ1v) is 6.54. The Labute approximate surface area is 110 Å². The van der Waals surface area contributed by atoms with Crippen LogP contribution < -0.4 is 5.32 Å². The second kappa shape index (κ2) is 5.04. The Morgan fingerprint density at radius 1 is 1.47 bits per heavy atom. The Morgan fingerprint density at radius 2 is 2.24 bits per heavy atom. The van der Waals surface area contributed by atoms with E-state index in [-0.39, 0.29) is 17.3 Å². The molecule has 4 heteroatoms. The Balaban J connectivity index is 2.14. The van der Waals surface area contributed by atoms with Crippen molar-refractivity contribution in [3.8, 4) is 0 Å². The summed E-state index contributed by atoms with van der Waals surface area (Å²) >= 11 is 3.20. The molecule has 1 fully saturated rings. The Bertz CT molecular complexity index is 408. The van der Waals surface area contributed by atoms with Gasteiger partial charge in [-0.15, -0.1) is 0 Å². The lowest BCUT2D eigenvalue weighted by Crippen LogP contribution is -2.29. The van der Waals surface area contributed by atoms with E-state index in [4.69, 9.17) is 4.74 Å². The zero-order valence-electron chi connectivity index (χ0n) is 10.1. The van der Waals surface area contributed by atoms with Crippen LogP contribution in [0.25, 0.3) is 0 Å². The highest BCUT2D eigenvalue weighted by Crippen LogP contribution is 2.27. The molecule has 1 aliphatic rings. The SMILES string of the molecule is CC1(C)CNCC(c2ccc(F)c(Br)c2)OC1. The maximum Gasteiger partial charge on any atom is 0.137 e. The normalized spacial score (nSPS) is 24.4. The number of nitrogens with one attached hydrogen (secondary N) is 1. The first-order chi connectivity index (χ1) is 7.98. The molecule has 1 N–H and O–H groups in total. The van der Waals surface area contributed by atoms with Crippen LogP contribution in [0.4, 0.5) is 4.39 Å². The quantitative estimate of drug-likeness (QED) is 0.859. The van der Waals surface area contributed by atoms with Gasteiger partial charge in [-0.2, -0.15) is 0 Å². The zero-order valence-corrected chi connectivity index (χ0v) is 11.7. The molecule has 0 radical (unpaired) electrons. The van der Waals surface area contributed by atoms with Gasteiger partial charge >= 0.3 is 0 Å². The van der Waals surface area contributed by atoms with Crippen LogP contribution in [0.3, 0.4) is 0 Å². The fraction of sp³-hybridized carbons (Fsp3) is 0.538. The summed E-state index contributed by atoms with van der Waals surface area (Å²) < 4.78 is 19.5. The van der Waals surface area contributed by atoms with Gasteiger partial charge in [-0.3, -0.25) is 0 Å². The van der Waals surface area contributed by atoms with Crippen molar-refractivity contribution < 1.29 is 9.13 Å². The van der Waals surface area contributed by atoms with Gasteiger partial charge in [0.2, 0.25) is 0 Å². The third-order valence-electron chi connectivity index (χ3n) is 2.92. The van der Waals surface area contributed by atoms with Gasteiger partial charge in [-0.25, -0.2) is 4.39 Å². The monoisotopic (exact) mass is 301 g/mol. The molecule has 94 valence electrons. The van der Waals surface area contributed by atoms with Crippen molar-refractivity contribution in [2.45, 2.75) is 20.0 Å². The standard InChI is InChI=1S/C13H17BrFNO/c1-13(2)7-16-6-12(17-8-13)9-3-4-11(15)10(14)5-9/h3-5,12,16H,6-8H2,1-2H3. The molecule has 0 spiro atoms. The Kier molecular flexibility index (Phi) is 3.85. The fourth-order valence-electron chi connectivity index (χ4n) is 1.90. The summed E-state index contributed by atoms with van der Waals surface area (Å²) in [7, 11) is 0. The van der Waals surface area contributed by atoms with E-state index in [1.807, 2.05) is 0 Å². The maximum absolute atomic E-state index is 13.2. The summed E-state index contributed by atoms with van der Waals surface area (Å²) in [4.78, 5) is 0. The zero-order chi connectivity index (χ0) is 12.5. The van der Waals surface area contributed by atoms with Crippen molar-refractivity contribution in [2.24, 2.45) is 5.41 Å². The van der Waals surface area contributed by atoms with Crippen molar-refractivity contribution in [3.05, 3.63) is 34.1 Å². The number of hydrogen-bond acceptors (Lipinski definition) is 2. The molecule has 1 aliphatic heterocycles. The number of rotatable bonds is 1. The topological polar surface area (TPSA) is 21.3 Å². The minimum Gasteiger partial charge on any atom is -0.372 e. The van der Waals surface area contributed by atoms with Crippen LogP contribution in [0.15, 0.2) is 22.7 Å². The van der Waals surface area contributed by atoms with Gasteiger partial charge in [0.15, 0.2) is 0 Å². The summed E-state index contributed by atoms with van der Waals surface area (Å²) in [5, 5.41) is 3.39. The Morgan fingerprint density at radius 3 is 2.94 bits per heavy atom. The van der Waals surface area contributed by atoms with Gasteiger partial charge in [0.25, 0.3) is 0 Å². The van der Waals surface area contributed by atoms with E-state index in [0.29, 0.717) is 11.1 Å². The first-order valence-electron chi connectivity index (χ1n) is 5.75. The molecule has 0 aromatic heterocycles. The van der Waals surface area contributed by atoms with Crippen LogP contribution in [0.5, 0.6) is 0 Å². The molecule has 0 bridgehead atoms. The predicted molar refractivity (Wildman–Crippen MR) is 69.4 cm³/mol. The van der Waals surface area contributed by atoms with Gasteiger partial charge < -0.3 is 10.1 Å². The van der Waals surface area contributed by atoms with Gasteiger partial charge in [0, 0.05) is 18.5 Å². The van der Waals surface area contributed by atoms with E-state index < -0.39 is 0 Å². The molecular formula is C13H17BrFNO. The van der Waals surface area contributed by atoms with Gasteiger partial charge in [-0.1, -0.05) is 19.9 Å². The lowest BCUT2D eigenvalue weighted by atomic mass is 9.95. The van der Waals surface area contributed by atoms with Gasteiger partial charge in [-0.05, 0) is 33.6 Å². The van der Waals surface area contributed by atoms with E-state index in [0.717, 1.165) is 18.7 Å². The molecule has 2 rings (SSSR count). The van der Waals surface area contributed by atoms with Crippen LogP contribution in [-0.2, 0) is 4.74 Å². The molecule has 1 saturated heterocycles. The van der Waals surface area contributed by atoms with Crippen LogP contribution in [0.2, 0.25) is 0 Å². The molecule has 1 heterocycles. The minimum atomic E-state index is -0.240. The van der Waals surface area contributed by atoms with E-state index >= 15 is 0 Å². The summed E-state index contributed by atoms with van der Waals surface area (Å²) in [5.74, 6) is -0.240. The van der Waals surface area contributed by atoms with Gasteiger partial charge in [0.05, 0.1) is 17.2 Å². The summed E-state index contributed by atoms with van der Waals surface area (Å²) in [5.41, 5.74) is 1.15. The third kappa shape index (κ3) is 3.27. The van der Waals surface area contributed by atoms with E-state index in [1.54, 1.807) is 12.1 Å². The fourth-order valence-corrected chi connectivity index (χ4v) is 2.30. The number of hydrogen-bond donors (Lipinski definition) is 1. The van der Waals surface area contributed by atoms with E-state index in [1.165, 1.54) is 6.07 Å². The average Bonchev–Trinajstić information content (AvgIpc) is 2.44. The number of ether oxygens (including phenoxy) is 1. The third-order valence-corrected chi connectivity index (χ3v) is 3.53. The highest BCUT2D eigenvalue weighted by molar-refractivity contribution is 9.10. The molecule has 1 unspecified atom stereocenters. The number of benzene rings is 1. The van der Waals surface area contributed by atoms with Crippen molar-refractivity contribution in [1.82, 2.24) is 5.32 Å². The summed E-state index contributed by atoms with van der Waals surface area (Å²) in [6.45, 7) is 6.75. The highest BCUT2D eigenvalue weighted by atomic mass is 79.9. The smallest absolute Gasteiger partial charge is 0.137 e. The minimum absolute atomic E-state index is 0.00586. The van der Waals surface area contributed by atoms with Crippen molar-refractivity contribution in [3.63, 3.8) is 0 Å². The molecule has 17 heavy (non-hydrogen) atoms. The maximum atomic E-state index is 13.2. The molecule has 1 atom stereocenters. The van der Waals surface area contributed by atoms with Crippen LogP contribution in [0.1, 0.15) is 25.5 Å². The molecule has 0 saturated carbocycles.